The van der Waals surface area contributed by atoms with Gasteiger partial charge in [0.15, 0.2) is 11.5 Å². The van der Waals surface area contributed by atoms with Crippen LogP contribution in [0.1, 0.15) is 17.5 Å². The largest absolute Gasteiger partial charge is 0.490 e. The lowest BCUT2D eigenvalue weighted by Gasteiger charge is -2.09. The Morgan fingerprint density at radius 3 is 2.58 bits per heavy atom. The SMILES string of the molecule is O=C(/C=C\c1cccc(C(F)(F)F)c1)Nc1ccc2c(c1)OCCCO2. The van der Waals surface area contributed by atoms with E-state index in [0.29, 0.717) is 30.4 Å². The second kappa shape index (κ2) is 7.51. The first-order valence-electron chi connectivity index (χ1n) is 7.98. The van der Waals surface area contributed by atoms with Crippen molar-refractivity contribution in [3.63, 3.8) is 0 Å². The number of fused-ring (bicyclic) bond motifs is 1. The standard InChI is InChI=1S/C19H16F3NO3/c20-19(21,22)14-4-1-3-13(11-14)5-8-18(24)23-15-6-7-16-17(12-15)26-10-2-9-25-16/h1,3-8,11-12H,2,9-10H2,(H,23,24)/b8-5-. The van der Waals surface area contributed by atoms with Crippen molar-refractivity contribution in [3.05, 3.63) is 59.7 Å². The van der Waals surface area contributed by atoms with E-state index in [1.54, 1.807) is 18.2 Å². The minimum Gasteiger partial charge on any atom is -0.490 e. The van der Waals surface area contributed by atoms with Gasteiger partial charge in [-0.05, 0) is 35.9 Å². The fraction of sp³-hybridized carbons (Fsp3) is 0.211. The highest BCUT2D eigenvalue weighted by Gasteiger charge is 2.30. The van der Waals surface area contributed by atoms with Crippen LogP contribution in [0.2, 0.25) is 0 Å². The van der Waals surface area contributed by atoms with Crippen LogP contribution in [0.4, 0.5) is 18.9 Å². The zero-order chi connectivity index (χ0) is 18.6. The number of carbonyl (C=O) groups excluding carboxylic acids is 1. The molecule has 136 valence electrons. The normalized spacial score (nSPS) is 14.1. The van der Waals surface area contributed by atoms with Gasteiger partial charge in [0.2, 0.25) is 5.91 Å². The molecule has 26 heavy (non-hydrogen) atoms. The third kappa shape index (κ3) is 4.56. The molecule has 7 heteroatoms. The summed E-state index contributed by atoms with van der Waals surface area (Å²) in [5, 5.41) is 2.64. The van der Waals surface area contributed by atoms with Crippen LogP contribution < -0.4 is 14.8 Å². The molecule has 2 aromatic rings. The highest BCUT2D eigenvalue weighted by molar-refractivity contribution is 6.02. The number of ether oxygens (including phenoxy) is 2. The lowest BCUT2D eigenvalue weighted by Crippen LogP contribution is -2.08. The molecular formula is C19H16F3NO3. The van der Waals surface area contributed by atoms with Gasteiger partial charge in [0.1, 0.15) is 0 Å². The minimum atomic E-state index is -4.42. The Kier molecular flexibility index (Phi) is 5.16. The molecule has 0 unspecified atom stereocenters. The number of amides is 1. The summed E-state index contributed by atoms with van der Waals surface area (Å²) in [5.41, 5.74) is 0.0320. The Hall–Kier alpha value is -2.96. The molecule has 0 aliphatic carbocycles. The second-order valence-corrected chi connectivity index (χ2v) is 5.66. The average Bonchev–Trinajstić information content (AvgIpc) is 2.84. The molecule has 0 saturated carbocycles. The highest BCUT2D eigenvalue weighted by Crippen LogP contribution is 2.32. The second-order valence-electron chi connectivity index (χ2n) is 5.66. The summed E-state index contributed by atoms with van der Waals surface area (Å²) in [6, 6.07) is 9.77. The van der Waals surface area contributed by atoms with E-state index in [9.17, 15) is 18.0 Å². The van der Waals surface area contributed by atoms with Gasteiger partial charge in [-0.3, -0.25) is 4.79 Å². The first kappa shape index (κ1) is 17.8. The number of anilines is 1. The number of halogens is 3. The summed E-state index contributed by atoms with van der Waals surface area (Å²) >= 11 is 0. The Morgan fingerprint density at radius 2 is 1.81 bits per heavy atom. The monoisotopic (exact) mass is 363 g/mol. The van der Waals surface area contributed by atoms with Crippen LogP contribution in [0.3, 0.4) is 0 Å². The highest BCUT2D eigenvalue weighted by atomic mass is 19.4. The lowest BCUT2D eigenvalue weighted by molar-refractivity contribution is -0.137. The molecule has 0 saturated heterocycles. The molecule has 1 heterocycles. The van der Waals surface area contributed by atoms with Gasteiger partial charge in [-0.2, -0.15) is 13.2 Å². The third-order valence-electron chi connectivity index (χ3n) is 3.66. The topological polar surface area (TPSA) is 47.6 Å². The molecule has 3 rings (SSSR count). The predicted octanol–water partition coefficient (Wildman–Crippen LogP) is 4.52. The van der Waals surface area contributed by atoms with Crippen LogP contribution in [-0.4, -0.2) is 19.1 Å². The summed E-state index contributed by atoms with van der Waals surface area (Å²) in [6.45, 7) is 1.10. The molecule has 0 aromatic heterocycles. The van der Waals surface area contributed by atoms with Gasteiger partial charge in [-0.25, -0.2) is 0 Å². The summed E-state index contributed by atoms with van der Waals surface area (Å²) in [4.78, 5) is 12.0. The van der Waals surface area contributed by atoms with Crippen molar-refractivity contribution in [2.75, 3.05) is 18.5 Å². The smallest absolute Gasteiger partial charge is 0.416 e. The first-order chi connectivity index (χ1) is 12.4. The van der Waals surface area contributed by atoms with Crippen molar-refractivity contribution in [3.8, 4) is 11.5 Å². The van der Waals surface area contributed by atoms with Gasteiger partial charge >= 0.3 is 6.18 Å². The number of hydrogen-bond donors (Lipinski definition) is 1. The van der Waals surface area contributed by atoms with Crippen LogP contribution >= 0.6 is 0 Å². The number of alkyl halides is 3. The average molecular weight is 363 g/mol. The number of benzene rings is 2. The molecule has 0 bridgehead atoms. The number of rotatable bonds is 3. The Balaban J connectivity index is 1.67. The first-order valence-corrected chi connectivity index (χ1v) is 7.98. The maximum atomic E-state index is 12.7. The zero-order valence-corrected chi connectivity index (χ0v) is 13.7. The number of carbonyl (C=O) groups is 1. The van der Waals surface area contributed by atoms with Crippen molar-refractivity contribution in [2.45, 2.75) is 12.6 Å². The van der Waals surface area contributed by atoms with E-state index in [0.717, 1.165) is 18.6 Å². The van der Waals surface area contributed by atoms with Crippen molar-refractivity contribution in [1.29, 1.82) is 0 Å². The summed E-state index contributed by atoms with van der Waals surface area (Å²) in [5.74, 6) is 0.694. The van der Waals surface area contributed by atoms with Crippen molar-refractivity contribution < 1.29 is 27.4 Å². The maximum Gasteiger partial charge on any atom is 0.416 e. The van der Waals surface area contributed by atoms with Crippen LogP contribution in [0.25, 0.3) is 6.08 Å². The van der Waals surface area contributed by atoms with E-state index < -0.39 is 17.6 Å². The Bertz CT molecular complexity index is 831. The molecule has 1 N–H and O–H groups in total. The zero-order valence-electron chi connectivity index (χ0n) is 13.7. The van der Waals surface area contributed by atoms with E-state index >= 15 is 0 Å². The van der Waals surface area contributed by atoms with Crippen molar-refractivity contribution in [2.24, 2.45) is 0 Å². The predicted molar refractivity (Wildman–Crippen MR) is 91.2 cm³/mol. The number of nitrogens with one attached hydrogen (secondary N) is 1. The fourth-order valence-corrected chi connectivity index (χ4v) is 2.42. The maximum absolute atomic E-state index is 12.7. The molecule has 4 nitrogen and oxygen atoms in total. The summed E-state index contributed by atoms with van der Waals surface area (Å²) in [6.07, 6.45) is -1.14. The summed E-state index contributed by atoms with van der Waals surface area (Å²) in [7, 11) is 0. The molecule has 0 fully saturated rings. The molecule has 2 aromatic carbocycles. The van der Waals surface area contributed by atoms with E-state index in [1.165, 1.54) is 24.3 Å². The van der Waals surface area contributed by atoms with E-state index in [4.69, 9.17) is 9.47 Å². The Morgan fingerprint density at radius 1 is 1.04 bits per heavy atom. The molecule has 0 spiro atoms. The van der Waals surface area contributed by atoms with Gasteiger partial charge in [0.25, 0.3) is 0 Å². The van der Waals surface area contributed by atoms with Crippen molar-refractivity contribution in [1.82, 2.24) is 0 Å². The number of hydrogen-bond acceptors (Lipinski definition) is 3. The van der Waals surface area contributed by atoms with Crippen LogP contribution in [0.15, 0.2) is 48.5 Å². The van der Waals surface area contributed by atoms with Gasteiger partial charge in [0.05, 0.1) is 18.8 Å². The van der Waals surface area contributed by atoms with Gasteiger partial charge < -0.3 is 14.8 Å². The Labute approximate surface area is 148 Å². The van der Waals surface area contributed by atoms with Gasteiger partial charge in [0, 0.05) is 24.3 Å². The van der Waals surface area contributed by atoms with Crippen LogP contribution in [0.5, 0.6) is 11.5 Å². The molecule has 0 radical (unpaired) electrons. The molecule has 1 aliphatic rings. The lowest BCUT2D eigenvalue weighted by atomic mass is 10.1. The van der Waals surface area contributed by atoms with E-state index in [-0.39, 0.29) is 5.56 Å². The molecule has 0 atom stereocenters. The summed E-state index contributed by atoms with van der Waals surface area (Å²) < 4.78 is 49.1. The van der Waals surface area contributed by atoms with E-state index in [1.807, 2.05) is 0 Å². The van der Waals surface area contributed by atoms with Gasteiger partial charge in [-0.1, -0.05) is 12.1 Å². The fourth-order valence-electron chi connectivity index (χ4n) is 2.42. The minimum absolute atomic E-state index is 0.286. The molecule has 1 amide bonds. The quantitative estimate of drug-likeness (QED) is 0.816. The van der Waals surface area contributed by atoms with Crippen LogP contribution in [-0.2, 0) is 11.0 Å². The van der Waals surface area contributed by atoms with Crippen LogP contribution in [0, 0.1) is 0 Å². The van der Waals surface area contributed by atoms with Crippen molar-refractivity contribution >= 4 is 17.7 Å². The van der Waals surface area contributed by atoms with E-state index in [2.05, 4.69) is 5.32 Å². The van der Waals surface area contributed by atoms with Gasteiger partial charge in [-0.15, -0.1) is 0 Å². The molecule has 1 aliphatic heterocycles. The molecular weight excluding hydrogens is 347 g/mol. The third-order valence-corrected chi connectivity index (χ3v) is 3.66.